The molecule has 1 heteroatoms. The van der Waals surface area contributed by atoms with Crippen LogP contribution in [0.5, 0.6) is 0 Å². The molecule has 36 heavy (non-hydrogen) atoms. The molecule has 0 amide bonds. The summed E-state index contributed by atoms with van der Waals surface area (Å²) in [6.07, 6.45) is 22.4. The van der Waals surface area contributed by atoms with E-state index < -0.39 is 0 Å². The number of hydrogen-bond acceptors (Lipinski definition) is 1. The molecule has 0 spiro atoms. The van der Waals surface area contributed by atoms with Crippen LogP contribution in [0.3, 0.4) is 0 Å². The van der Waals surface area contributed by atoms with Crippen molar-refractivity contribution in [2.24, 2.45) is 11.8 Å². The summed E-state index contributed by atoms with van der Waals surface area (Å²) in [7, 11) is 0. The Bertz CT molecular complexity index is 835. The van der Waals surface area contributed by atoms with Crippen molar-refractivity contribution in [1.82, 2.24) is 0 Å². The van der Waals surface area contributed by atoms with E-state index in [0.29, 0.717) is 0 Å². The molecule has 1 heterocycles. The van der Waals surface area contributed by atoms with Crippen LogP contribution in [0.4, 0.5) is 0 Å². The second-order valence-electron chi connectivity index (χ2n) is 11.9. The Morgan fingerprint density at radius 2 is 1.08 bits per heavy atom. The fourth-order valence-electron chi connectivity index (χ4n) is 6.64. The van der Waals surface area contributed by atoms with E-state index in [1.165, 1.54) is 119 Å². The van der Waals surface area contributed by atoms with Gasteiger partial charge in [0.15, 0.2) is 0 Å². The molecule has 1 aliphatic carbocycles. The summed E-state index contributed by atoms with van der Waals surface area (Å²) >= 11 is 0. The van der Waals surface area contributed by atoms with Gasteiger partial charge in [-0.05, 0) is 85.0 Å². The van der Waals surface area contributed by atoms with Crippen molar-refractivity contribution in [2.45, 2.75) is 129 Å². The molecular formula is C35H52O. The summed E-state index contributed by atoms with van der Waals surface area (Å²) in [4.78, 5) is 0. The molecule has 0 aromatic heterocycles. The van der Waals surface area contributed by atoms with Crippen LogP contribution in [0.15, 0.2) is 48.5 Å². The van der Waals surface area contributed by atoms with E-state index in [2.05, 4.69) is 62.4 Å². The molecule has 2 fully saturated rings. The lowest BCUT2D eigenvalue weighted by atomic mass is 9.77. The lowest BCUT2D eigenvalue weighted by molar-refractivity contribution is -0.0198. The molecule has 2 aliphatic rings. The largest absolute Gasteiger partial charge is 0.373 e. The lowest BCUT2D eigenvalue weighted by Crippen LogP contribution is -2.20. The minimum Gasteiger partial charge on any atom is -0.373 e. The van der Waals surface area contributed by atoms with Gasteiger partial charge >= 0.3 is 0 Å². The fraction of sp³-hybridized carbons (Fsp3) is 0.657. The normalized spacial score (nSPS) is 24.6. The van der Waals surface area contributed by atoms with Gasteiger partial charge in [-0.3, -0.25) is 0 Å². The van der Waals surface area contributed by atoms with Crippen LogP contribution >= 0.6 is 0 Å². The Kier molecular flexibility index (Phi) is 11.4. The highest BCUT2D eigenvalue weighted by Crippen LogP contribution is 2.39. The van der Waals surface area contributed by atoms with Gasteiger partial charge in [0, 0.05) is 0 Å². The number of unbranched alkanes of at least 4 members (excludes halogenated alkanes) is 6. The van der Waals surface area contributed by atoms with E-state index in [-0.39, 0.29) is 6.10 Å². The minimum atomic E-state index is 0.287. The molecule has 0 N–H and O–H groups in total. The zero-order chi connectivity index (χ0) is 25.0. The molecule has 0 radical (unpaired) electrons. The highest BCUT2D eigenvalue weighted by Gasteiger charge is 2.23. The van der Waals surface area contributed by atoms with Gasteiger partial charge in [-0.15, -0.1) is 0 Å². The molecule has 2 unspecified atom stereocenters. The van der Waals surface area contributed by atoms with E-state index in [4.69, 9.17) is 4.74 Å². The van der Waals surface area contributed by atoms with Crippen molar-refractivity contribution in [2.75, 3.05) is 6.61 Å². The summed E-state index contributed by atoms with van der Waals surface area (Å²) in [5, 5.41) is 0. The summed E-state index contributed by atoms with van der Waals surface area (Å²) in [6.45, 7) is 5.53. The summed E-state index contributed by atoms with van der Waals surface area (Å²) in [5.74, 6) is 2.53. The fourth-order valence-corrected chi connectivity index (χ4v) is 6.64. The molecule has 198 valence electrons. The number of hydrogen-bond donors (Lipinski definition) is 0. The third kappa shape index (κ3) is 8.20. The predicted octanol–water partition coefficient (Wildman–Crippen LogP) is 11.0. The van der Waals surface area contributed by atoms with Crippen molar-refractivity contribution in [3.05, 3.63) is 59.7 Å². The van der Waals surface area contributed by atoms with Gasteiger partial charge in [-0.25, -0.2) is 0 Å². The Balaban J connectivity index is 1.21. The van der Waals surface area contributed by atoms with Gasteiger partial charge in [0.1, 0.15) is 0 Å². The second kappa shape index (κ2) is 15.0. The van der Waals surface area contributed by atoms with E-state index in [9.17, 15) is 0 Å². The maximum Gasteiger partial charge on any atom is 0.0825 e. The first-order valence-corrected chi connectivity index (χ1v) is 15.6. The van der Waals surface area contributed by atoms with E-state index in [1.807, 2.05) is 0 Å². The molecular weight excluding hydrogens is 436 g/mol. The van der Waals surface area contributed by atoms with Crippen molar-refractivity contribution >= 4 is 0 Å². The van der Waals surface area contributed by atoms with Crippen molar-refractivity contribution in [3.63, 3.8) is 0 Å². The Hall–Kier alpha value is -1.60. The Morgan fingerprint density at radius 1 is 0.556 bits per heavy atom. The van der Waals surface area contributed by atoms with E-state index >= 15 is 0 Å². The predicted molar refractivity (Wildman–Crippen MR) is 156 cm³/mol. The Labute approximate surface area is 222 Å². The SMILES string of the molecule is CCCCCCCC1CCC(c2ccc(-c3ccc(C4CCC(CCCCC)CO4)cc3)cc2)CC1. The molecule has 1 saturated heterocycles. The number of ether oxygens (including phenoxy) is 1. The van der Waals surface area contributed by atoms with Crippen LogP contribution in [0, 0.1) is 11.8 Å². The monoisotopic (exact) mass is 488 g/mol. The average Bonchev–Trinajstić information content (AvgIpc) is 2.94. The quantitative estimate of drug-likeness (QED) is 0.255. The maximum absolute atomic E-state index is 6.28. The van der Waals surface area contributed by atoms with Crippen LogP contribution in [-0.4, -0.2) is 6.61 Å². The van der Waals surface area contributed by atoms with Crippen LogP contribution in [0.1, 0.15) is 140 Å². The molecule has 2 aromatic carbocycles. The maximum atomic E-state index is 6.28. The summed E-state index contributed by atoms with van der Waals surface area (Å²) < 4.78 is 6.28. The summed E-state index contributed by atoms with van der Waals surface area (Å²) in [6, 6.07) is 18.7. The third-order valence-electron chi connectivity index (χ3n) is 9.15. The van der Waals surface area contributed by atoms with E-state index in [1.54, 1.807) is 5.56 Å². The lowest BCUT2D eigenvalue weighted by Gasteiger charge is -2.29. The highest BCUT2D eigenvalue weighted by atomic mass is 16.5. The smallest absolute Gasteiger partial charge is 0.0825 e. The van der Waals surface area contributed by atoms with Crippen molar-refractivity contribution in [3.8, 4) is 11.1 Å². The highest BCUT2D eigenvalue weighted by molar-refractivity contribution is 5.64. The molecule has 1 nitrogen and oxygen atoms in total. The third-order valence-corrected chi connectivity index (χ3v) is 9.15. The first-order chi connectivity index (χ1) is 17.8. The first kappa shape index (κ1) is 27.4. The molecule has 1 saturated carbocycles. The van der Waals surface area contributed by atoms with Gasteiger partial charge < -0.3 is 4.74 Å². The van der Waals surface area contributed by atoms with E-state index in [0.717, 1.165) is 24.4 Å². The van der Waals surface area contributed by atoms with Gasteiger partial charge in [-0.1, -0.05) is 120 Å². The van der Waals surface area contributed by atoms with Crippen LogP contribution in [0.2, 0.25) is 0 Å². The zero-order valence-corrected chi connectivity index (χ0v) is 23.4. The Morgan fingerprint density at radius 3 is 1.69 bits per heavy atom. The van der Waals surface area contributed by atoms with Gasteiger partial charge in [-0.2, -0.15) is 0 Å². The topological polar surface area (TPSA) is 9.23 Å². The van der Waals surface area contributed by atoms with Crippen LogP contribution in [-0.2, 0) is 4.74 Å². The van der Waals surface area contributed by atoms with Crippen molar-refractivity contribution in [1.29, 1.82) is 0 Å². The van der Waals surface area contributed by atoms with Crippen molar-refractivity contribution < 1.29 is 4.74 Å². The first-order valence-electron chi connectivity index (χ1n) is 15.6. The van der Waals surface area contributed by atoms with Gasteiger partial charge in [0.25, 0.3) is 0 Å². The molecule has 4 rings (SSSR count). The average molecular weight is 489 g/mol. The second-order valence-corrected chi connectivity index (χ2v) is 11.9. The van der Waals surface area contributed by atoms with Gasteiger partial charge in [0.05, 0.1) is 12.7 Å². The molecule has 0 bridgehead atoms. The van der Waals surface area contributed by atoms with Gasteiger partial charge in [0.2, 0.25) is 0 Å². The molecule has 2 atom stereocenters. The molecule has 1 aliphatic heterocycles. The van der Waals surface area contributed by atoms with Crippen LogP contribution in [0.25, 0.3) is 11.1 Å². The summed E-state index contributed by atoms with van der Waals surface area (Å²) in [5.41, 5.74) is 5.57. The number of benzene rings is 2. The van der Waals surface area contributed by atoms with Crippen LogP contribution < -0.4 is 0 Å². The number of rotatable bonds is 13. The zero-order valence-electron chi connectivity index (χ0n) is 23.4. The minimum absolute atomic E-state index is 0.287. The molecule has 2 aromatic rings. The standard InChI is InChI=1S/C35H52O/c1-3-5-7-8-10-11-28-13-16-30(17-14-28)31-18-20-32(21-19-31)33-22-24-34(25-23-33)35-26-15-29(27-36-35)12-9-6-4-2/h18-25,28-30,35H,3-17,26-27H2,1-2H3.